The Bertz CT molecular complexity index is 818. The topological polar surface area (TPSA) is 39.3 Å². The number of likely N-dealkylation sites (N-methyl/N-ethyl adjacent to an activating group) is 1. The molecule has 0 radical (unpaired) electrons. The number of aromatic amines is 1. The van der Waals surface area contributed by atoms with Gasteiger partial charge in [0.2, 0.25) is 5.91 Å². The van der Waals surface area contributed by atoms with Crippen molar-refractivity contribution in [1.29, 1.82) is 0 Å². The van der Waals surface area contributed by atoms with Gasteiger partial charge in [0, 0.05) is 35.7 Å². The molecule has 2 fully saturated rings. The van der Waals surface area contributed by atoms with Crippen LogP contribution in [0, 0.1) is 13.8 Å². The van der Waals surface area contributed by atoms with Gasteiger partial charge in [0.1, 0.15) is 0 Å². The van der Waals surface area contributed by atoms with Crippen molar-refractivity contribution in [3.63, 3.8) is 0 Å². The largest absolute Gasteiger partial charge is 0.358 e. The van der Waals surface area contributed by atoms with Gasteiger partial charge in [-0.3, -0.25) is 9.69 Å². The van der Waals surface area contributed by atoms with Crippen LogP contribution < -0.4 is 0 Å². The number of carbonyl (C=O) groups excluding carboxylic acids is 1. The maximum atomic E-state index is 13.1. The summed E-state index contributed by atoms with van der Waals surface area (Å²) >= 11 is 0. The van der Waals surface area contributed by atoms with E-state index in [9.17, 15) is 4.79 Å². The first-order valence-corrected chi connectivity index (χ1v) is 10.6. The van der Waals surface area contributed by atoms with E-state index in [2.05, 4.69) is 46.8 Å². The highest BCUT2D eigenvalue weighted by atomic mass is 16.2. The van der Waals surface area contributed by atoms with Crippen LogP contribution in [0.5, 0.6) is 0 Å². The third-order valence-electron chi connectivity index (χ3n) is 6.92. The normalized spacial score (nSPS) is 23.8. The monoisotopic (exact) mass is 367 g/mol. The maximum absolute atomic E-state index is 13.1. The predicted molar refractivity (Wildman–Crippen MR) is 111 cm³/mol. The van der Waals surface area contributed by atoms with Crippen LogP contribution in [0.25, 0.3) is 10.9 Å². The number of nitrogens with zero attached hydrogens (tertiary/aromatic N) is 2. The quantitative estimate of drug-likeness (QED) is 0.880. The number of aromatic nitrogens is 1. The van der Waals surface area contributed by atoms with Crippen LogP contribution in [0.4, 0.5) is 0 Å². The molecule has 1 aromatic carbocycles. The zero-order valence-corrected chi connectivity index (χ0v) is 17.1. The highest BCUT2D eigenvalue weighted by Gasteiger charge is 2.35. The number of amides is 1. The van der Waals surface area contributed by atoms with E-state index < -0.39 is 0 Å². The van der Waals surface area contributed by atoms with Crippen molar-refractivity contribution in [3.05, 3.63) is 35.0 Å². The van der Waals surface area contributed by atoms with Gasteiger partial charge in [-0.15, -0.1) is 0 Å². The molecule has 0 bridgehead atoms. The summed E-state index contributed by atoms with van der Waals surface area (Å²) in [5.41, 5.74) is 4.78. The van der Waals surface area contributed by atoms with Crippen molar-refractivity contribution in [2.45, 2.75) is 70.9 Å². The number of nitrogens with one attached hydrogen (secondary N) is 1. The number of hydrogen-bond acceptors (Lipinski definition) is 2. The Labute approximate surface area is 162 Å². The average Bonchev–Trinajstić information content (AvgIpc) is 3.31. The minimum atomic E-state index is 0.260. The first kappa shape index (κ1) is 18.5. The van der Waals surface area contributed by atoms with Gasteiger partial charge in [-0.25, -0.2) is 0 Å². The lowest BCUT2D eigenvalue weighted by molar-refractivity contribution is -0.133. The molecule has 4 nitrogen and oxygen atoms in total. The fourth-order valence-corrected chi connectivity index (χ4v) is 5.15. The molecule has 0 spiro atoms. The van der Waals surface area contributed by atoms with E-state index in [4.69, 9.17) is 0 Å². The molecule has 1 aliphatic carbocycles. The van der Waals surface area contributed by atoms with E-state index in [1.54, 1.807) is 0 Å². The molecule has 1 aliphatic heterocycles. The van der Waals surface area contributed by atoms with E-state index in [0.29, 0.717) is 18.5 Å². The van der Waals surface area contributed by atoms with Gasteiger partial charge in [0.15, 0.2) is 0 Å². The minimum Gasteiger partial charge on any atom is -0.358 e. The lowest BCUT2D eigenvalue weighted by Gasteiger charge is -2.42. The fourth-order valence-electron chi connectivity index (χ4n) is 5.15. The summed E-state index contributed by atoms with van der Waals surface area (Å²) in [4.78, 5) is 21.2. The first-order valence-electron chi connectivity index (χ1n) is 10.6. The molecule has 146 valence electrons. The summed E-state index contributed by atoms with van der Waals surface area (Å²) < 4.78 is 0. The molecule has 1 saturated heterocycles. The highest BCUT2D eigenvalue weighted by Crippen LogP contribution is 2.29. The molecular weight excluding hydrogens is 334 g/mol. The van der Waals surface area contributed by atoms with Gasteiger partial charge >= 0.3 is 0 Å². The Morgan fingerprint density at radius 3 is 2.67 bits per heavy atom. The second kappa shape index (κ2) is 7.67. The minimum absolute atomic E-state index is 0.260. The van der Waals surface area contributed by atoms with E-state index in [1.165, 1.54) is 61.8 Å². The molecule has 1 N–H and O–H groups in total. The number of fused-ring (bicyclic) bond motifs is 1. The molecule has 1 saturated carbocycles. The molecule has 4 rings (SSSR count). The van der Waals surface area contributed by atoms with E-state index in [1.807, 2.05) is 7.05 Å². The van der Waals surface area contributed by atoms with Crippen LogP contribution in [0.1, 0.15) is 55.3 Å². The standard InChI is InChI=1S/C23H33N3O/c1-16-17(2)24-20-11-10-18(14-19(16)20)15-23(27)25(3)21-8-4-5-9-22(21)26-12-6-7-13-26/h10-11,14,21-22,24H,4-9,12-13,15H2,1-3H3/t21-,22-/m1/s1. The van der Waals surface area contributed by atoms with Gasteiger partial charge in [-0.05, 0) is 75.9 Å². The van der Waals surface area contributed by atoms with Gasteiger partial charge in [-0.1, -0.05) is 18.9 Å². The van der Waals surface area contributed by atoms with Gasteiger partial charge < -0.3 is 9.88 Å². The molecule has 2 aromatic rings. The van der Waals surface area contributed by atoms with Crippen LogP contribution in [0.2, 0.25) is 0 Å². The summed E-state index contributed by atoms with van der Waals surface area (Å²) in [7, 11) is 2.03. The van der Waals surface area contributed by atoms with Gasteiger partial charge in [0.25, 0.3) is 0 Å². The van der Waals surface area contributed by atoms with Crippen LogP contribution in [0.3, 0.4) is 0 Å². The molecule has 1 amide bonds. The van der Waals surface area contributed by atoms with E-state index in [0.717, 1.165) is 17.5 Å². The Morgan fingerprint density at radius 1 is 1.15 bits per heavy atom. The zero-order chi connectivity index (χ0) is 19.0. The number of hydrogen-bond donors (Lipinski definition) is 1. The summed E-state index contributed by atoms with van der Waals surface area (Å²) in [5, 5.41) is 1.24. The number of H-pyrrole nitrogens is 1. The van der Waals surface area contributed by atoms with Crippen molar-refractivity contribution in [2.24, 2.45) is 0 Å². The van der Waals surface area contributed by atoms with Crippen molar-refractivity contribution in [1.82, 2.24) is 14.8 Å². The Hall–Kier alpha value is -1.81. The molecule has 2 aliphatic rings. The van der Waals surface area contributed by atoms with Crippen LogP contribution >= 0.6 is 0 Å². The van der Waals surface area contributed by atoms with Crippen molar-refractivity contribution < 1.29 is 4.79 Å². The maximum Gasteiger partial charge on any atom is 0.227 e. The van der Waals surface area contributed by atoms with Crippen molar-refractivity contribution in [2.75, 3.05) is 20.1 Å². The van der Waals surface area contributed by atoms with E-state index >= 15 is 0 Å². The van der Waals surface area contributed by atoms with Crippen LogP contribution in [-0.2, 0) is 11.2 Å². The smallest absolute Gasteiger partial charge is 0.227 e. The van der Waals surface area contributed by atoms with Gasteiger partial charge in [0.05, 0.1) is 6.42 Å². The molecule has 1 aromatic heterocycles. The molecular formula is C23H33N3O. The number of rotatable bonds is 4. The number of likely N-dealkylation sites (tertiary alicyclic amines) is 1. The van der Waals surface area contributed by atoms with Crippen LogP contribution in [-0.4, -0.2) is 52.9 Å². The summed E-state index contributed by atoms with van der Waals surface area (Å²) in [6, 6.07) is 7.35. The van der Waals surface area contributed by atoms with E-state index in [-0.39, 0.29) is 5.91 Å². The lowest BCUT2D eigenvalue weighted by atomic mass is 9.88. The molecule has 2 atom stereocenters. The lowest BCUT2D eigenvalue weighted by Crippen LogP contribution is -2.53. The Kier molecular flexibility index (Phi) is 5.27. The Morgan fingerprint density at radius 2 is 1.89 bits per heavy atom. The SMILES string of the molecule is Cc1[nH]c2ccc(CC(=O)N(C)[C@@H]3CCCC[C@H]3N3CCCC3)cc2c1C. The third-order valence-corrected chi connectivity index (χ3v) is 6.92. The second-order valence-corrected chi connectivity index (χ2v) is 8.60. The first-order chi connectivity index (χ1) is 13.0. The second-order valence-electron chi connectivity index (χ2n) is 8.60. The zero-order valence-electron chi connectivity index (χ0n) is 17.1. The molecule has 27 heavy (non-hydrogen) atoms. The molecule has 2 heterocycles. The predicted octanol–water partition coefficient (Wildman–Crippen LogP) is 4.19. The number of aryl methyl sites for hydroxylation is 2. The fraction of sp³-hybridized carbons (Fsp3) is 0.609. The summed E-state index contributed by atoms with van der Waals surface area (Å²) in [6.07, 6.45) is 8.09. The summed E-state index contributed by atoms with van der Waals surface area (Å²) in [6.45, 7) is 6.68. The molecule has 4 heteroatoms. The van der Waals surface area contributed by atoms with Crippen molar-refractivity contribution >= 4 is 16.8 Å². The highest BCUT2D eigenvalue weighted by molar-refractivity contribution is 5.87. The average molecular weight is 368 g/mol. The van der Waals surface area contributed by atoms with Gasteiger partial charge in [-0.2, -0.15) is 0 Å². The summed E-state index contributed by atoms with van der Waals surface area (Å²) in [5.74, 6) is 0.260. The number of carbonyl (C=O) groups is 1. The number of benzene rings is 1. The van der Waals surface area contributed by atoms with Crippen LogP contribution in [0.15, 0.2) is 18.2 Å². The molecule has 0 unspecified atom stereocenters. The third kappa shape index (κ3) is 3.64. The van der Waals surface area contributed by atoms with Crippen molar-refractivity contribution in [3.8, 4) is 0 Å². The Balaban J connectivity index is 1.48.